The predicted octanol–water partition coefficient (Wildman–Crippen LogP) is 2.45. The number of carboxylic acid groups (broad SMARTS) is 1. The minimum atomic E-state index is -2.00. The lowest BCUT2D eigenvalue weighted by Gasteiger charge is -2.20. The Labute approximate surface area is 279 Å². The third kappa shape index (κ3) is 8.45. The van der Waals surface area contributed by atoms with Gasteiger partial charge in [-0.15, -0.1) is 0 Å². The van der Waals surface area contributed by atoms with Gasteiger partial charge in [-0.25, -0.2) is 4.79 Å². The van der Waals surface area contributed by atoms with E-state index < -0.39 is 58.7 Å². The molecule has 0 fully saturated rings. The minimum Gasteiger partial charge on any atom is -0.478 e. The van der Waals surface area contributed by atoms with Crippen molar-refractivity contribution in [3.05, 3.63) is 63.2 Å². The number of primary amides is 1. The number of benzene rings is 2. The van der Waals surface area contributed by atoms with Crippen LogP contribution >= 0.6 is 0 Å². The number of anilines is 1. The van der Waals surface area contributed by atoms with Crippen LogP contribution < -0.4 is 30.2 Å². The zero-order valence-corrected chi connectivity index (χ0v) is 27.0. The number of nitrogens with one attached hydrogen (secondary N) is 1. The van der Waals surface area contributed by atoms with Gasteiger partial charge < -0.3 is 40.2 Å². The summed E-state index contributed by atoms with van der Waals surface area (Å²) >= 11 is 0. The maximum absolute atomic E-state index is 13.3. The molecular weight excluding hydrogens is 642 g/mol. The number of hydrogen-bond acceptors (Lipinski definition) is 14. The Balaban J connectivity index is 1.92. The molecule has 18 heteroatoms. The molecule has 4 N–H and O–H groups in total. The third-order valence-electron chi connectivity index (χ3n) is 7.06. The molecule has 1 aliphatic heterocycles. The van der Waals surface area contributed by atoms with Crippen LogP contribution in [0.15, 0.2) is 41.4 Å². The van der Waals surface area contributed by atoms with Gasteiger partial charge in [0, 0.05) is 51.0 Å². The number of nitriles is 1. The van der Waals surface area contributed by atoms with E-state index in [1.54, 1.807) is 45.0 Å². The number of aromatic nitrogens is 2. The van der Waals surface area contributed by atoms with Gasteiger partial charge in [0.1, 0.15) is 17.3 Å². The van der Waals surface area contributed by atoms with Gasteiger partial charge in [-0.1, -0.05) is 0 Å². The molecule has 1 aromatic heterocycles. The van der Waals surface area contributed by atoms with Gasteiger partial charge in [0.15, 0.2) is 0 Å². The maximum atomic E-state index is 13.3. The van der Waals surface area contributed by atoms with Gasteiger partial charge in [-0.3, -0.25) is 24.7 Å². The summed E-state index contributed by atoms with van der Waals surface area (Å²) in [6, 6.07) is 10.2. The third-order valence-corrected chi connectivity index (χ3v) is 7.06. The van der Waals surface area contributed by atoms with Crippen molar-refractivity contribution < 1.29 is 38.6 Å². The number of amidine groups is 1. The van der Waals surface area contributed by atoms with E-state index in [2.05, 4.69) is 20.3 Å². The highest BCUT2D eigenvalue weighted by atomic mass is 16.6. The molecule has 0 aliphatic carbocycles. The van der Waals surface area contributed by atoms with E-state index in [4.69, 9.17) is 19.9 Å². The minimum absolute atomic E-state index is 0.0138. The van der Waals surface area contributed by atoms with Crippen molar-refractivity contribution >= 4 is 35.0 Å². The molecular formula is C31H33N9O9. The molecule has 0 spiro atoms. The number of carbonyl (C=O) groups excluding carboxylic acids is 2. The second-order valence-electron chi connectivity index (χ2n) is 10.6. The molecule has 0 saturated heterocycles. The Bertz CT molecular complexity index is 1850. The lowest BCUT2D eigenvalue weighted by atomic mass is 10.1. The van der Waals surface area contributed by atoms with Crippen LogP contribution in [0.1, 0.15) is 41.8 Å². The molecule has 256 valence electrons. The first kappa shape index (κ1) is 35.3. The van der Waals surface area contributed by atoms with E-state index in [0.717, 1.165) is 0 Å². The zero-order chi connectivity index (χ0) is 35.8. The van der Waals surface area contributed by atoms with Crippen molar-refractivity contribution in [2.45, 2.75) is 26.4 Å². The first-order valence-electron chi connectivity index (χ1n) is 14.9. The fraction of sp³-hybridized carbons (Fsp3) is 0.323. The van der Waals surface area contributed by atoms with Crippen LogP contribution in [0.2, 0.25) is 0 Å². The fourth-order valence-electron chi connectivity index (χ4n) is 4.62. The van der Waals surface area contributed by atoms with Crippen LogP contribution in [0.4, 0.5) is 11.4 Å². The van der Waals surface area contributed by atoms with E-state index in [-0.39, 0.29) is 22.6 Å². The average molecular weight is 676 g/mol. The summed E-state index contributed by atoms with van der Waals surface area (Å²) in [6.07, 6.45) is -2.86. The lowest BCUT2D eigenvalue weighted by molar-refractivity contribution is -0.387. The second kappa shape index (κ2) is 15.4. The molecule has 2 amide bonds. The number of aliphatic carboxylic acids is 1. The molecule has 2 aromatic carbocycles. The molecule has 0 saturated carbocycles. The molecule has 1 unspecified atom stereocenters. The van der Waals surface area contributed by atoms with E-state index in [1.807, 2.05) is 12.1 Å². The van der Waals surface area contributed by atoms with E-state index in [1.165, 1.54) is 23.1 Å². The Morgan fingerprint density at radius 1 is 1.12 bits per heavy atom. The lowest BCUT2D eigenvalue weighted by Crippen LogP contribution is -2.32. The van der Waals surface area contributed by atoms with Gasteiger partial charge in [0.05, 0.1) is 35.1 Å². The Morgan fingerprint density at radius 3 is 2.41 bits per heavy atom. The van der Waals surface area contributed by atoms with Crippen molar-refractivity contribution in [2.75, 3.05) is 45.2 Å². The van der Waals surface area contributed by atoms with Gasteiger partial charge in [0.2, 0.25) is 12.0 Å². The summed E-state index contributed by atoms with van der Waals surface area (Å²) in [5.74, 6) is -4.41. The van der Waals surface area contributed by atoms with Gasteiger partial charge in [0.25, 0.3) is 5.91 Å². The molecule has 0 radical (unpaired) electrons. The number of amides is 2. The van der Waals surface area contributed by atoms with Crippen molar-refractivity contribution in [3.63, 3.8) is 0 Å². The largest absolute Gasteiger partial charge is 0.478 e. The monoisotopic (exact) mass is 675 g/mol. The Hall–Kier alpha value is -6.51. The quantitative estimate of drug-likeness (QED) is 0.155. The van der Waals surface area contributed by atoms with Crippen molar-refractivity contribution in [3.8, 4) is 35.3 Å². The smallest absolute Gasteiger partial charge is 0.392 e. The number of nitrogens with zero attached hydrogens (tertiary/aromatic N) is 7. The molecule has 2 heterocycles. The number of aliphatic imine (C=N–C) groups is 1. The Morgan fingerprint density at radius 2 is 1.84 bits per heavy atom. The topological polar surface area (TPSA) is 249 Å². The zero-order valence-electron chi connectivity index (χ0n) is 27.0. The number of carboxylic acids is 1. The van der Waals surface area contributed by atoms with Crippen LogP contribution in [-0.4, -0.2) is 94.9 Å². The number of rotatable bonds is 15. The highest BCUT2D eigenvalue weighted by Crippen LogP contribution is 2.41. The molecule has 4 rings (SSSR count). The van der Waals surface area contributed by atoms with Crippen LogP contribution in [0.3, 0.4) is 0 Å². The average Bonchev–Trinajstić information content (AvgIpc) is 3.60. The van der Waals surface area contributed by atoms with Gasteiger partial charge >= 0.3 is 29.4 Å². The molecule has 49 heavy (non-hydrogen) atoms. The van der Waals surface area contributed by atoms with E-state index >= 15 is 0 Å². The Kier molecular flexibility index (Phi) is 11.1. The van der Waals surface area contributed by atoms with E-state index in [0.29, 0.717) is 43.3 Å². The highest BCUT2D eigenvalue weighted by molar-refractivity contribution is 6.01. The SMILES string of the molecule is CCN(CC)C(=O)c1ccc(C#N)cc1Oc1nc(Oc2cc(C3=NCCN3)cc(N(C)C)c2)c([N+](=O)[O-])c(OC(CC(N)=O)C(=O)O)n1. The normalized spacial score (nSPS) is 12.5. The number of nitrogens with two attached hydrogens (primary N) is 1. The molecule has 1 aliphatic rings. The van der Waals surface area contributed by atoms with Crippen LogP contribution in [0, 0.1) is 21.4 Å². The summed E-state index contributed by atoms with van der Waals surface area (Å²) in [5, 5.41) is 34.8. The molecule has 18 nitrogen and oxygen atoms in total. The summed E-state index contributed by atoms with van der Waals surface area (Å²) in [6.45, 7) is 5.40. The fourth-order valence-corrected chi connectivity index (χ4v) is 4.62. The number of nitro groups is 1. The number of carbonyl (C=O) groups is 3. The number of hydrogen-bond donors (Lipinski definition) is 3. The second-order valence-corrected chi connectivity index (χ2v) is 10.6. The predicted molar refractivity (Wildman–Crippen MR) is 173 cm³/mol. The van der Waals surface area contributed by atoms with E-state index in [9.17, 15) is 34.9 Å². The first-order valence-corrected chi connectivity index (χ1v) is 14.9. The number of ether oxygens (including phenoxy) is 3. The summed E-state index contributed by atoms with van der Waals surface area (Å²) < 4.78 is 17.2. The maximum Gasteiger partial charge on any atom is 0.392 e. The van der Waals surface area contributed by atoms with Crippen LogP contribution in [-0.2, 0) is 9.59 Å². The van der Waals surface area contributed by atoms with Crippen molar-refractivity contribution in [2.24, 2.45) is 10.7 Å². The summed E-state index contributed by atoms with van der Waals surface area (Å²) in [5.41, 5.74) is 5.54. The molecule has 1 atom stereocenters. The van der Waals surface area contributed by atoms with Crippen LogP contribution in [0.25, 0.3) is 0 Å². The van der Waals surface area contributed by atoms with Gasteiger partial charge in [-0.2, -0.15) is 15.2 Å². The van der Waals surface area contributed by atoms with Crippen LogP contribution in [0.5, 0.6) is 29.3 Å². The van der Waals surface area contributed by atoms with Crippen molar-refractivity contribution in [1.29, 1.82) is 5.26 Å². The van der Waals surface area contributed by atoms with Crippen molar-refractivity contribution in [1.82, 2.24) is 20.2 Å². The molecule has 3 aromatic rings. The summed E-state index contributed by atoms with van der Waals surface area (Å²) in [7, 11) is 3.55. The molecule has 0 bridgehead atoms. The highest BCUT2D eigenvalue weighted by Gasteiger charge is 2.34. The first-order chi connectivity index (χ1) is 23.3. The summed E-state index contributed by atoms with van der Waals surface area (Å²) in [4.78, 5) is 64.2. The van der Waals surface area contributed by atoms with Gasteiger partial charge in [-0.05, 0) is 44.2 Å². The standard InChI is InChI=1S/C31H33N9O9/c1-5-39(6-2)29(42)21-8-7-17(16-32)11-22(21)49-31-36-27(25(40(45)46)28(37-31)48-23(30(43)44)15-24(33)41)47-20-13-18(26-34-9-10-35-26)12-19(14-20)38(3)4/h7-8,11-14,23H,5-6,9-10,15H2,1-4H3,(H2,33,41)(H,34,35)(H,43,44).